The quantitative estimate of drug-likeness (QED) is 0.777. The van der Waals surface area contributed by atoms with Crippen molar-refractivity contribution in [1.82, 2.24) is 5.32 Å². The zero-order valence-corrected chi connectivity index (χ0v) is 9.50. The Morgan fingerprint density at radius 2 is 2.62 bits per heavy atom. The van der Waals surface area contributed by atoms with Gasteiger partial charge in [0.25, 0.3) is 0 Å². The van der Waals surface area contributed by atoms with Gasteiger partial charge < -0.3 is 5.32 Å². The normalized spacial score (nSPS) is 18.2. The summed E-state index contributed by atoms with van der Waals surface area (Å²) in [6.07, 6.45) is 2.58. The summed E-state index contributed by atoms with van der Waals surface area (Å²) in [4.78, 5) is 15.5. The van der Waals surface area contributed by atoms with Gasteiger partial charge in [-0.2, -0.15) is 11.8 Å². The fraction of sp³-hybridized carbons (Fsp3) is 0.750. The SMILES string of the molecule is CSC(C)CC(=O)NC1=NCCS1. The number of hydrogen-bond acceptors (Lipinski definition) is 4. The van der Waals surface area contributed by atoms with Crippen molar-refractivity contribution in [3.8, 4) is 0 Å². The molecular weight excluding hydrogens is 204 g/mol. The van der Waals surface area contributed by atoms with E-state index < -0.39 is 0 Å². The zero-order chi connectivity index (χ0) is 9.68. The third-order valence-corrected chi connectivity index (χ3v) is 3.57. The summed E-state index contributed by atoms with van der Waals surface area (Å²) in [5.41, 5.74) is 0. The van der Waals surface area contributed by atoms with E-state index in [1.165, 1.54) is 0 Å². The van der Waals surface area contributed by atoms with E-state index in [4.69, 9.17) is 0 Å². The number of amides is 1. The maximum atomic E-state index is 11.3. The topological polar surface area (TPSA) is 41.5 Å². The highest BCUT2D eigenvalue weighted by Crippen LogP contribution is 2.11. The molecule has 1 rings (SSSR count). The molecule has 5 heteroatoms. The molecule has 74 valence electrons. The molecule has 0 aromatic carbocycles. The molecule has 1 N–H and O–H groups in total. The molecule has 0 aliphatic carbocycles. The Kier molecular flexibility index (Phi) is 4.66. The minimum Gasteiger partial charge on any atom is -0.305 e. The predicted molar refractivity (Wildman–Crippen MR) is 60.5 cm³/mol. The van der Waals surface area contributed by atoms with Gasteiger partial charge in [-0.25, -0.2) is 0 Å². The summed E-state index contributed by atoms with van der Waals surface area (Å²) >= 11 is 3.32. The lowest BCUT2D eigenvalue weighted by atomic mass is 10.3. The third-order valence-electron chi connectivity index (χ3n) is 1.71. The number of hydrogen-bond donors (Lipinski definition) is 1. The number of rotatable bonds is 3. The van der Waals surface area contributed by atoms with Crippen molar-refractivity contribution in [3.05, 3.63) is 0 Å². The summed E-state index contributed by atoms with van der Waals surface area (Å²) in [5, 5.41) is 3.98. The lowest BCUT2D eigenvalue weighted by molar-refractivity contribution is -0.119. The Labute approximate surface area is 87.1 Å². The van der Waals surface area contributed by atoms with E-state index in [1.54, 1.807) is 23.5 Å². The number of carbonyl (C=O) groups is 1. The highest BCUT2D eigenvalue weighted by Gasteiger charge is 2.12. The number of nitrogens with zero attached hydrogens (tertiary/aromatic N) is 1. The van der Waals surface area contributed by atoms with Crippen LogP contribution in [-0.2, 0) is 4.79 Å². The second-order valence-electron chi connectivity index (χ2n) is 2.83. The van der Waals surface area contributed by atoms with E-state index in [-0.39, 0.29) is 5.91 Å². The van der Waals surface area contributed by atoms with Crippen molar-refractivity contribution < 1.29 is 4.79 Å². The van der Waals surface area contributed by atoms with Crippen LogP contribution in [0.15, 0.2) is 4.99 Å². The standard InChI is InChI=1S/C8H14N2OS2/c1-6(12-2)5-7(11)10-8-9-3-4-13-8/h6H,3-5H2,1-2H3,(H,9,10,11). The third kappa shape index (κ3) is 4.04. The Bertz CT molecular complexity index is 218. The molecule has 1 heterocycles. The minimum absolute atomic E-state index is 0.0787. The van der Waals surface area contributed by atoms with Crippen molar-refractivity contribution >= 4 is 34.6 Å². The summed E-state index contributed by atoms with van der Waals surface area (Å²) in [6.45, 7) is 2.88. The highest BCUT2D eigenvalue weighted by atomic mass is 32.2. The van der Waals surface area contributed by atoms with Gasteiger partial charge in [-0.3, -0.25) is 9.79 Å². The number of nitrogens with one attached hydrogen (secondary N) is 1. The molecule has 0 spiro atoms. The molecule has 0 bridgehead atoms. The van der Waals surface area contributed by atoms with Crippen LogP contribution < -0.4 is 5.32 Å². The molecule has 0 saturated carbocycles. The van der Waals surface area contributed by atoms with Crippen LogP contribution in [0.3, 0.4) is 0 Å². The van der Waals surface area contributed by atoms with Crippen molar-refractivity contribution in [2.75, 3.05) is 18.6 Å². The summed E-state index contributed by atoms with van der Waals surface area (Å²) < 4.78 is 0. The van der Waals surface area contributed by atoms with E-state index in [2.05, 4.69) is 10.3 Å². The molecule has 1 atom stereocenters. The maximum absolute atomic E-state index is 11.3. The predicted octanol–water partition coefficient (Wildman–Crippen LogP) is 1.35. The fourth-order valence-corrected chi connectivity index (χ4v) is 1.99. The first kappa shape index (κ1) is 10.9. The van der Waals surface area contributed by atoms with E-state index in [0.717, 1.165) is 17.5 Å². The van der Waals surface area contributed by atoms with E-state index in [9.17, 15) is 4.79 Å². The first-order valence-electron chi connectivity index (χ1n) is 4.22. The Balaban J connectivity index is 2.24. The van der Waals surface area contributed by atoms with E-state index in [0.29, 0.717) is 11.7 Å². The van der Waals surface area contributed by atoms with Gasteiger partial charge in [0.05, 0.1) is 6.54 Å². The van der Waals surface area contributed by atoms with E-state index >= 15 is 0 Å². The molecule has 1 amide bonds. The second kappa shape index (κ2) is 5.54. The fourth-order valence-electron chi connectivity index (χ4n) is 0.925. The van der Waals surface area contributed by atoms with Gasteiger partial charge in [0.15, 0.2) is 5.17 Å². The maximum Gasteiger partial charge on any atom is 0.227 e. The van der Waals surface area contributed by atoms with E-state index in [1.807, 2.05) is 13.2 Å². The van der Waals surface area contributed by atoms with Gasteiger partial charge in [-0.05, 0) is 6.26 Å². The van der Waals surface area contributed by atoms with Gasteiger partial charge in [-0.15, -0.1) is 0 Å². The van der Waals surface area contributed by atoms with Crippen LogP contribution in [0.5, 0.6) is 0 Å². The first-order chi connectivity index (χ1) is 6.22. The van der Waals surface area contributed by atoms with Crippen LogP contribution in [0, 0.1) is 0 Å². The van der Waals surface area contributed by atoms with Crippen molar-refractivity contribution in [2.45, 2.75) is 18.6 Å². The Hall–Kier alpha value is -0.160. The van der Waals surface area contributed by atoms with Crippen LogP contribution in [0.25, 0.3) is 0 Å². The number of thioether (sulfide) groups is 2. The second-order valence-corrected chi connectivity index (χ2v) is 5.19. The lowest BCUT2D eigenvalue weighted by Crippen LogP contribution is -2.29. The molecule has 1 aliphatic rings. The van der Waals surface area contributed by atoms with Gasteiger partial charge >= 0.3 is 0 Å². The Morgan fingerprint density at radius 3 is 3.15 bits per heavy atom. The Morgan fingerprint density at radius 1 is 1.85 bits per heavy atom. The summed E-state index contributed by atoms with van der Waals surface area (Å²) in [7, 11) is 0. The lowest BCUT2D eigenvalue weighted by Gasteiger charge is -2.07. The average molecular weight is 218 g/mol. The van der Waals surface area contributed by atoms with Crippen molar-refractivity contribution in [2.24, 2.45) is 4.99 Å². The van der Waals surface area contributed by atoms with Crippen molar-refractivity contribution in [3.63, 3.8) is 0 Å². The van der Waals surface area contributed by atoms with Gasteiger partial charge in [-0.1, -0.05) is 18.7 Å². The summed E-state index contributed by atoms with van der Waals surface area (Å²) in [5.74, 6) is 1.07. The molecule has 1 unspecified atom stereocenters. The number of aliphatic imine (C=N–C) groups is 1. The molecule has 0 aromatic rings. The number of amidine groups is 1. The monoisotopic (exact) mass is 218 g/mol. The molecule has 0 saturated heterocycles. The molecule has 1 aliphatic heterocycles. The van der Waals surface area contributed by atoms with Crippen molar-refractivity contribution in [1.29, 1.82) is 0 Å². The summed E-state index contributed by atoms with van der Waals surface area (Å²) in [6, 6.07) is 0. The molecular formula is C8H14N2OS2. The van der Waals surface area contributed by atoms with Crippen LogP contribution in [0.2, 0.25) is 0 Å². The van der Waals surface area contributed by atoms with Crippen LogP contribution in [0.1, 0.15) is 13.3 Å². The van der Waals surface area contributed by atoms with Crippen LogP contribution in [0.4, 0.5) is 0 Å². The molecule has 13 heavy (non-hydrogen) atoms. The molecule has 3 nitrogen and oxygen atoms in total. The van der Waals surface area contributed by atoms with Crippen LogP contribution >= 0.6 is 23.5 Å². The minimum atomic E-state index is 0.0787. The molecule has 0 radical (unpaired) electrons. The molecule has 0 aromatic heterocycles. The van der Waals surface area contributed by atoms with Gasteiger partial charge in [0.2, 0.25) is 5.91 Å². The molecule has 0 fully saturated rings. The van der Waals surface area contributed by atoms with Gasteiger partial charge in [0, 0.05) is 17.4 Å². The number of carbonyl (C=O) groups excluding carboxylic acids is 1. The van der Waals surface area contributed by atoms with Gasteiger partial charge in [0.1, 0.15) is 0 Å². The highest BCUT2D eigenvalue weighted by molar-refractivity contribution is 8.14. The average Bonchev–Trinajstić information content (AvgIpc) is 2.56. The first-order valence-corrected chi connectivity index (χ1v) is 6.49. The largest absolute Gasteiger partial charge is 0.305 e. The zero-order valence-electron chi connectivity index (χ0n) is 7.87. The van der Waals surface area contributed by atoms with Crippen LogP contribution in [-0.4, -0.2) is 34.9 Å². The smallest absolute Gasteiger partial charge is 0.227 e.